The normalized spacial score (nSPS) is 15.0. The number of amides is 2. The molecule has 1 heterocycles. The highest BCUT2D eigenvalue weighted by atomic mass is 32.2. The number of nitrogens with zero attached hydrogens (tertiary/aromatic N) is 2. The molecule has 1 aliphatic heterocycles. The number of piperidine rings is 1. The summed E-state index contributed by atoms with van der Waals surface area (Å²) in [7, 11) is -1.82. The molecule has 30 heavy (non-hydrogen) atoms. The van der Waals surface area contributed by atoms with Crippen LogP contribution in [0.15, 0.2) is 58.3 Å². The van der Waals surface area contributed by atoms with E-state index < -0.39 is 10.0 Å². The quantitative estimate of drug-likeness (QED) is 0.653. The Morgan fingerprint density at radius 3 is 2.40 bits per heavy atom. The Balaban J connectivity index is 1.64. The van der Waals surface area contributed by atoms with Crippen LogP contribution in [0.3, 0.4) is 0 Å². The summed E-state index contributed by atoms with van der Waals surface area (Å²) in [6.07, 6.45) is 4.87. The topological polar surface area (TPSA) is 69.7 Å². The van der Waals surface area contributed by atoms with Gasteiger partial charge in [0.25, 0.3) is 0 Å². The minimum atomic E-state index is -3.55. The van der Waals surface area contributed by atoms with E-state index in [0.717, 1.165) is 24.8 Å². The van der Waals surface area contributed by atoms with Gasteiger partial charge >= 0.3 is 6.03 Å². The molecule has 1 aliphatic rings. The maximum Gasteiger partial charge on any atom is 0.317 e. The van der Waals surface area contributed by atoms with Crippen LogP contribution in [0.1, 0.15) is 30.4 Å². The molecule has 6 nitrogen and oxygen atoms in total. The Morgan fingerprint density at radius 1 is 1.07 bits per heavy atom. The fourth-order valence-electron chi connectivity index (χ4n) is 3.53. The molecule has 0 bridgehead atoms. The molecule has 0 aromatic heterocycles. The fourth-order valence-corrected chi connectivity index (χ4v) is 5.68. The summed E-state index contributed by atoms with van der Waals surface area (Å²) in [5, 5.41) is 2.86. The van der Waals surface area contributed by atoms with Crippen LogP contribution >= 0.6 is 11.8 Å². The van der Waals surface area contributed by atoms with E-state index in [2.05, 4.69) is 5.32 Å². The molecule has 0 aliphatic carbocycles. The van der Waals surface area contributed by atoms with Gasteiger partial charge < -0.3 is 10.2 Å². The maximum atomic E-state index is 13.1. The molecule has 0 spiro atoms. The Morgan fingerprint density at radius 2 is 1.73 bits per heavy atom. The highest BCUT2D eigenvalue weighted by Gasteiger charge is 2.28. The van der Waals surface area contributed by atoms with Crippen molar-refractivity contribution in [2.45, 2.75) is 42.1 Å². The number of benzene rings is 2. The number of nitrogens with one attached hydrogen (secondary N) is 1. The molecule has 8 heteroatoms. The lowest BCUT2D eigenvalue weighted by atomic mass is 10.2. The summed E-state index contributed by atoms with van der Waals surface area (Å²) >= 11 is 1.68. The van der Waals surface area contributed by atoms with Gasteiger partial charge in [0.15, 0.2) is 0 Å². The molecule has 1 fully saturated rings. The Labute approximate surface area is 183 Å². The number of carbonyl (C=O) groups excluding carboxylic acids is 1. The van der Waals surface area contributed by atoms with Gasteiger partial charge in [0.1, 0.15) is 0 Å². The van der Waals surface area contributed by atoms with Crippen LogP contribution in [0.4, 0.5) is 4.79 Å². The molecule has 1 saturated heterocycles. The molecule has 3 rings (SSSR count). The number of thioether (sulfide) groups is 1. The van der Waals surface area contributed by atoms with E-state index in [1.54, 1.807) is 52.3 Å². The van der Waals surface area contributed by atoms with E-state index in [0.29, 0.717) is 25.2 Å². The van der Waals surface area contributed by atoms with Crippen LogP contribution in [0.2, 0.25) is 0 Å². The average molecular weight is 448 g/mol. The number of urea groups is 1. The number of rotatable bonds is 7. The standard InChI is InChI=1S/C22H29N3O3S2/c1-24(17-18-10-12-20(29-2)13-11-18)22(26)23-16-19-8-4-5-9-21(19)30(27,28)25-14-6-3-7-15-25/h4-5,8-13H,3,6-7,14-17H2,1-2H3,(H,23,26). The zero-order valence-corrected chi connectivity index (χ0v) is 19.1. The maximum absolute atomic E-state index is 13.1. The Hall–Kier alpha value is -2.03. The van der Waals surface area contributed by atoms with Crippen molar-refractivity contribution < 1.29 is 13.2 Å². The van der Waals surface area contributed by atoms with Crippen molar-refractivity contribution in [3.63, 3.8) is 0 Å². The molecule has 0 radical (unpaired) electrons. The third kappa shape index (κ3) is 5.56. The zero-order chi connectivity index (χ0) is 21.6. The average Bonchev–Trinajstić information content (AvgIpc) is 2.78. The fraction of sp³-hybridized carbons (Fsp3) is 0.409. The summed E-state index contributed by atoms with van der Waals surface area (Å²) in [5.41, 5.74) is 1.65. The lowest BCUT2D eigenvalue weighted by molar-refractivity contribution is 0.206. The first kappa shape index (κ1) is 22.7. The van der Waals surface area contributed by atoms with Gasteiger partial charge in [0.2, 0.25) is 10.0 Å². The molecule has 0 saturated carbocycles. The SMILES string of the molecule is CSc1ccc(CN(C)C(=O)NCc2ccccc2S(=O)(=O)N2CCCCC2)cc1. The molecule has 0 unspecified atom stereocenters. The lowest BCUT2D eigenvalue weighted by Gasteiger charge is -2.27. The summed E-state index contributed by atoms with van der Waals surface area (Å²) in [4.78, 5) is 15.6. The summed E-state index contributed by atoms with van der Waals surface area (Å²) in [6.45, 7) is 1.76. The van der Waals surface area contributed by atoms with Crippen molar-refractivity contribution in [3.8, 4) is 0 Å². The van der Waals surface area contributed by atoms with Gasteiger partial charge in [-0.15, -0.1) is 11.8 Å². The molecule has 2 aromatic carbocycles. The van der Waals surface area contributed by atoms with E-state index in [9.17, 15) is 13.2 Å². The van der Waals surface area contributed by atoms with Gasteiger partial charge in [-0.25, -0.2) is 13.2 Å². The summed E-state index contributed by atoms with van der Waals surface area (Å²) < 4.78 is 27.7. The zero-order valence-electron chi connectivity index (χ0n) is 17.5. The third-order valence-electron chi connectivity index (χ3n) is 5.26. The highest BCUT2D eigenvalue weighted by Crippen LogP contribution is 2.23. The minimum absolute atomic E-state index is 0.165. The van der Waals surface area contributed by atoms with Crippen molar-refractivity contribution in [1.82, 2.24) is 14.5 Å². The van der Waals surface area contributed by atoms with E-state index in [1.807, 2.05) is 30.5 Å². The highest BCUT2D eigenvalue weighted by molar-refractivity contribution is 7.98. The van der Waals surface area contributed by atoms with Crippen LogP contribution < -0.4 is 5.32 Å². The molecular weight excluding hydrogens is 418 g/mol. The van der Waals surface area contributed by atoms with E-state index in [-0.39, 0.29) is 17.5 Å². The van der Waals surface area contributed by atoms with Crippen LogP contribution in [-0.2, 0) is 23.1 Å². The van der Waals surface area contributed by atoms with E-state index >= 15 is 0 Å². The number of hydrogen-bond donors (Lipinski definition) is 1. The lowest BCUT2D eigenvalue weighted by Crippen LogP contribution is -2.38. The van der Waals surface area contributed by atoms with Gasteiger partial charge in [-0.2, -0.15) is 4.31 Å². The first-order valence-electron chi connectivity index (χ1n) is 10.1. The van der Waals surface area contributed by atoms with E-state index in [1.165, 1.54) is 4.90 Å². The number of hydrogen-bond acceptors (Lipinski definition) is 4. The van der Waals surface area contributed by atoms with Crippen molar-refractivity contribution >= 4 is 27.8 Å². The van der Waals surface area contributed by atoms with Crippen molar-refractivity contribution in [2.75, 3.05) is 26.4 Å². The van der Waals surface area contributed by atoms with Crippen molar-refractivity contribution in [3.05, 3.63) is 59.7 Å². The Bertz CT molecular complexity index is 956. The molecule has 0 atom stereocenters. The minimum Gasteiger partial charge on any atom is -0.334 e. The third-order valence-corrected chi connectivity index (χ3v) is 8.00. The van der Waals surface area contributed by atoms with Crippen molar-refractivity contribution in [2.24, 2.45) is 0 Å². The first-order valence-corrected chi connectivity index (χ1v) is 12.8. The second-order valence-electron chi connectivity index (χ2n) is 7.44. The first-order chi connectivity index (χ1) is 14.4. The monoisotopic (exact) mass is 447 g/mol. The number of sulfonamides is 1. The molecule has 2 amide bonds. The smallest absolute Gasteiger partial charge is 0.317 e. The predicted octanol–water partition coefficient (Wildman–Crippen LogP) is 3.92. The van der Waals surface area contributed by atoms with Crippen LogP contribution in [-0.4, -0.2) is 50.0 Å². The van der Waals surface area contributed by atoms with E-state index in [4.69, 9.17) is 0 Å². The molecule has 162 valence electrons. The second-order valence-corrected chi connectivity index (χ2v) is 10.2. The van der Waals surface area contributed by atoms with Gasteiger partial charge in [-0.05, 0) is 48.4 Å². The summed E-state index contributed by atoms with van der Waals surface area (Å²) in [6, 6.07) is 14.8. The molecule has 1 N–H and O–H groups in total. The molecule has 2 aromatic rings. The van der Waals surface area contributed by atoms with Gasteiger partial charge in [0.05, 0.1) is 4.90 Å². The molecular formula is C22H29N3O3S2. The van der Waals surface area contributed by atoms with Crippen LogP contribution in [0, 0.1) is 0 Å². The van der Waals surface area contributed by atoms with Gasteiger partial charge in [-0.1, -0.05) is 36.8 Å². The second kappa shape index (κ2) is 10.3. The largest absolute Gasteiger partial charge is 0.334 e. The number of carbonyl (C=O) groups is 1. The van der Waals surface area contributed by atoms with Gasteiger partial charge in [0, 0.05) is 38.1 Å². The summed E-state index contributed by atoms with van der Waals surface area (Å²) in [5.74, 6) is 0. The van der Waals surface area contributed by atoms with Gasteiger partial charge in [-0.3, -0.25) is 0 Å². The predicted molar refractivity (Wildman–Crippen MR) is 121 cm³/mol. The van der Waals surface area contributed by atoms with Crippen LogP contribution in [0.5, 0.6) is 0 Å². The van der Waals surface area contributed by atoms with Crippen molar-refractivity contribution in [1.29, 1.82) is 0 Å². The van der Waals surface area contributed by atoms with Crippen LogP contribution in [0.25, 0.3) is 0 Å². The Kier molecular flexibility index (Phi) is 7.80.